The number of nitrogens with two attached hydrogens (primary N) is 1. The van der Waals surface area contributed by atoms with E-state index in [1.807, 2.05) is 17.0 Å². The Balaban J connectivity index is 2.01. The summed E-state index contributed by atoms with van der Waals surface area (Å²) in [5.41, 5.74) is 6.32. The molecule has 0 radical (unpaired) electrons. The zero-order valence-electron chi connectivity index (χ0n) is 11.0. The van der Waals surface area contributed by atoms with Crippen molar-refractivity contribution < 1.29 is 9.53 Å². The molecule has 0 spiro atoms. The first-order valence-corrected chi connectivity index (χ1v) is 6.84. The van der Waals surface area contributed by atoms with Crippen molar-refractivity contribution >= 4 is 23.1 Å². The molecule has 1 aromatic rings. The summed E-state index contributed by atoms with van der Waals surface area (Å²) in [5, 5.41) is 0. The summed E-state index contributed by atoms with van der Waals surface area (Å²) in [6.45, 7) is 3.44. The summed E-state index contributed by atoms with van der Waals surface area (Å²) in [5.74, 6) is 0.656. The number of nitrogens with zero attached hydrogens (tertiary/aromatic N) is 1. The summed E-state index contributed by atoms with van der Waals surface area (Å²) in [7, 11) is 0. The highest BCUT2D eigenvalue weighted by atomic mass is 32.1. The Bertz CT molecular complexity index is 484. The molecule has 1 amide bonds. The molecule has 1 aromatic carbocycles. The molecule has 19 heavy (non-hydrogen) atoms. The number of carbonyl (C=O) groups is 1. The number of hydrogen-bond donors (Lipinski definition) is 1. The van der Waals surface area contributed by atoms with Crippen LogP contribution in [0.4, 0.5) is 0 Å². The van der Waals surface area contributed by atoms with E-state index in [4.69, 9.17) is 22.7 Å². The van der Waals surface area contributed by atoms with Gasteiger partial charge in [0, 0.05) is 18.7 Å². The fraction of sp³-hybridized carbons (Fsp3) is 0.429. The van der Waals surface area contributed by atoms with Gasteiger partial charge in [-0.1, -0.05) is 24.4 Å². The maximum absolute atomic E-state index is 12.1. The minimum Gasteiger partial charge on any atom is -0.481 e. The monoisotopic (exact) mass is 278 g/mol. The van der Waals surface area contributed by atoms with Crippen LogP contribution < -0.4 is 10.5 Å². The third-order valence-corrected chi connectivity index (χ3v) is 3.43. The topological polar surface area (TPSA) is 55.6 Å². The van der Waals surface area contributed by atoms with Crippen LogP contribution in [-0.4, -0.2) is 35.0 Å². The zero-order valence-corrected chi connectivity index (χ0v) is 11.8. The number of amides is 1. The highest BCUT2D eigenvalue weighted by Gasteiger charge is 2.24. The lowest BCUT2D eigenvalue weighted by atomic mass is 10.2. The normalized spacial score (nSPS) is 16.2. The van der Waals surface area contributed by atoms with Gasteiger partial charge in [-0.15, -0.1) is 0 Å². The number of carbonyl (C=O) groups excluding carboxylic acids is 1. The largest absolute Gasteiger partial charge is 0.481 e. The number of hydrogen-bond acceptors (Lipinski definition) is 3. The van der Waals surface area contributed by atoms with Crippen LogP contribution in [-0.2, 0) is 4.79 Å². The van der Waals surface area contributed by atoms with E-state index in [9.17, 15) is 4.79 Å². The smallest absolute Gasteiger partial charge is 0.263 e. The number of benzene rings is 1. The van der Waals surface area contributed by atoms with Crippen molar-refractivity contribution in [3.05, 3.63) is 29.8 Å². The Morgan fingerprint density at radius 3 is 2.74 bits per heavy atom. The molecule has 1 heterocycles. The van der Waals surface area contributed by atoms with Gasteiger partial charge < -0.3 is 15.4 Å². The molecule has 0 aliphatic carbocycles. The number of ether oxygens (including phenoxy) is 1. The highest BCUT2D eigenvalue weighted by Crippen LogP contribution is 2.17. The molecule has 1 fully saturated rings. The van der Waals surface area contributed by atoms with Gasteiger partial charge >= 0.3 is 0 Å². The first-order valence-electron chi connectivity index (χ1n) is 6.43. The molecule has 0 aromatic heterocycles. The minimum atomic E-state index is -0.486. The lowest BCUT2D eigenvalue weighted by molar-refractivity contribution is -0.136. The van der Waals surface area contributed by atoms with E-state index < -0.39 is 6.10 Å². The van der Waals surface area contributed by atoms with Gasteiger partial charge in [0.15, 0.2) is 6.10 Å². The maximum atomic E-state index is 12.1. The maximum Gasteiger partial charge on any atom is 0.263 e. The lowest BCUT2D eigenvalue weighted by Gasteiger charge is -2.21. The van der Waals surface area contributed by atoms with Crippen LogP contribution in [0.2, 0.25) is 0 Å². The summed E-state index contributed by atoms with van der Waals surface area (Å²) < 4.78 is 5.67. The average molecular weight is 278 g/mol. The van der Waals surface area contributed by atoms with E-state index in [1.54, 1.807) is 19.1 Å². The number of rotatable bonds is 4. The van der Waals surface area contributed by atoms with E-state index in [0.29, 0.717) is 10.7 Å². The molecule has 4 nitrogen and oxygen atoms in total. The van der Waals surface area contributed by atoms with Crippen LogP contribution >= 0.6 is 12.2 Å². The van der Waals surface area contributed by atoms with Crippen molar-refractivity contribution in [2.75, 3.05) is 13.1 Å². The van der Waals surface area contributed by atoms with Gasteiger partial charge in [-0.3, -0.25) is 4.79 Å². The third-order valence-electron chi connectivity index (χ3n) is 3.20. The molecular weight excluding hydrogens is 260 g/mol. The molecule has 0 saturated carbocycles. The quantitative estimate of drug-likeness (QED) is 0.852. The van der Waals surface area contributed by atoms with Crippen molar-refractivity contribution in [1.29, 1.82) is 0 Å². The molecule has 5 heteroatoms. The lowest BCUT2D eigenvalue weighted by Crippen LogP contribution is -2.38. The third kappa shape index (κ3) is 3.44. The first-order chi connectivity index (χ1) is 9.08. The Morgan fingerprint density at radius 2 is 2.11 bits per heavy atom. The fourth-order valence-electron chi connectivity index (χ4n) is 2.17. The van der Waals surface area contributed by atoms with E-state index >= 15 is 0 Å². The van der Waals surface area contributed by atoms with Gasteiger partial charge in [0.1, 0.15) is 10.7 Å². The van der Waals surface area contributed by atoms with Crippen molar-refractivity contribution in [2.24, 2.45) is 5.73 Å². The van der Waals surface area contributed by atoms with E-state index in [-0.39, 0.29) is 5.91 Å². The standard InChI is InChI=1S/C14H18N2O2S/c1-10(14(17)16-7-2-3-8-16)18-12-6-4-5-11(9-12)13(15)19/h4-6,9-10H,2-3,7-8H2,1H3,(H2,15,19). The van der Waals surface area contributed by atoms with Gasteiger partial charge in [0.2, 0.25) is 0 Å². The van der Waals surface area contributed by atoms with E-state index in [2.05, 4.69) is 0 Å². The van der Waals surface area contributed by atoms with Gasteiger partial charge in [-0.25, -0.2) is 0 Å². The Morgan fingerprint density at radius 1 is 1.42 bits per heavy atom. The van der Waals surface area contributed by atoms with Gasteiger partial charge in [0.05, 0.1) is 0 Å². The summed E-state index contributed by atoms with van der Waals surface area (Å²) in [4.78, 5) is 14.3. The number of thiocarbonyl (C=S) groups is 1. The average Bonchev–Trinajstić information content (AvgIpc) is 2.92. The molecule has 2 rings (SSSR count). The van der Waals surface area contributed by atoms with Crippen LogP contribution in [0, 0.1) is 0 Å². The number of likely N-dealkylation sites (tertiary alicyclic amines) is 1. The Kier molecular flexibility index (Phi) is 4.37. The van der Waals surface area contributed by atoms with Crippen LogP contribution in [0.15, 0.2) is 24.3 Å². The summed E-state index contributed by atoms with van der Waals surface area (Å²) in [6, 6.07) is 7.20. The van der Waals surface area contributed by atoms with E-state index in [0.717, 1.165) is 31.5 Å². The summed E-state index contributed by atoms with van der Waals surface area (Å²) in [6.07, 6.45) is 1.67. The molecule has 1 atom stereocenters. The second-order valence-corrected chi connectivity index (χ2v) is 5.12. The van der Waals surface area contributed by atoms with Gasteiger partial charge in [-0.05, 0) is 31.9 Å². The zero-order chi connectivity index (χ0) is 13.8. The molecule has 102 valence electrons. The van der Waals surface area contributed by atoms with Crippen molar-refractivity contribution in [3.63, 3.8) is 0 Å². The molecule has 1 unspecified atom stereocenters. The minimum absolute atomic E-state index is 0.0400. The molecule has 1 aliphatic rings. The van der Waals surface area contributed by atoms with Crippen molar-refractivity contribution in [1.82, 2.24) is 4.90 Å². The van der Waals surface area contributed by atoms with Crippen molar-refractivity contribution in [2.45, 2.75) is 25.9 Å². The fourth-order valence-corrected chi connectivity index (χ4v) is 2.30. The predicted molar refractivity (Wildman–Crippen MR) is 78.2 cm³/mol. The van der Waals surface area contributed by atoms with Gasteiger partial charge in [-0.2, -0.15) is 0 Å². The van der Waals surface area contributed by atoms with Crippen LogP contribution in [0.5, 0.6) is 5.75 Å². The molecule has 2 N–H and O–H groups in total. The molecule has 1 aliphatic heterocycles. The van der Waals surface area contributed by atoms with Crippen LogP contribution in [0.25, 0.3) is 0 Å². The highest BCUT2D eigenvalue weighted by molar-refractivity contribution is 7.80. The first kappa shape index (κ1) is 13.8. The molecule has 0 bridgehead atoms. The predicted octanol–water partition coefficient (Wildman–Crippen LogP) is 1.71. The van der Waals surface area contributed by atoms with Crippen LogP contribution in [0.1, 0.15) is 25.3 Å². The van der Waals surface area contributed by atoms with Gasteiger partial charge in [0.25, 0.3) is 5.91 Å². The van der Waals surface area contributed by atoms with Crippen molar-refractivity contribution in [3.8, 4) is 5.75 Å². The molecular formula is C14H18N2O2S. The summed E-state index contributed by atoms with van der Waals surface area (Å²) >= 11 is 4.92. The molecule has 1 saturated heterocycles. The Hall–Kier alpha value is -1.62. The van der Waals surface area contributed by atoms with Crippen LogP contribution in [0.3, 0.4) is 0 Å². The SMILES string of the molecule is CC(Oc1cccc(C(N)=S)c1)C(=O)N1CCCC1. The second-order valence-electron chi connectivity index (χ2n) is 4.68. The van der Waals surface area contributed by atoms with E-state index in [1.165, 1.54) is 0 Å². The Labute approximate surface area is 118 Å². The second kappa shape index (κ2) is 6.02.